The molecule has 0 aliphatic carbocycles. The van der Waals surface area contributed by atoms with Crippen LogP contribution < -0.4 is 20.1 Å². The van der Waals surface area contributed by atoms with E-state index in [1.54, 1.807) is 20.3 Å². The van der Waals surface area contributed by atoms with Crippen LogP contribution in [0.3, 0.4) is 0 Å². The van der Waals surface area contributed by atoms with Crippen LogP contribution in [0.25, 0.3) is 0 Å². The van der Waals surface area contributed by atoms with Crippen molar-refractivity contribution in [3.05, 3.63) is 58.1 Å². The van der Waals surface area contributed by atoms with Gasteiger partial charge in [0.15, 0.2) is 11.5 Å². The average Bonchev–Trinajstić information content (AvgIpc) is 2.67. The number of amides is 2. The van der Waals surface area contributed by atoms with Crippen LogP contribution in [0.5, 0.6) is 11.5 Å². The highest BCUT2D eigenvalue weighted by Crippen LogP contribution is 2.31. The van der Waals surface area contributed by atoms with Crippen LogP contribution in [0.15, 0.2) is 42.5 Å². The summed E-state index contributed by atoms with van der Waals surface area (Å²) in [5.74, 6) is 1.23. The minimum Gasteiger partial charge on any atom is -0.493 e. The summed E-state index contributed by atoms with van der Waals surface area (Å²) in [6.45, 7) is 0.323. The Morgan fingerprint density at radius 3 is 2.46 bits per heavy atom. The van der Waals surface area contributed by atoms with Crippen LogP contribution in [0.4, 0.5) is 16.2 Å². The fraction of sp³-hybridized carbons (Fsp3) is 0.316. The van der Waals surface area contributed by atoms with E-state index in [9.17, 15) is 14.9 Å². The summed E-state index contributed by atoms with van der Waals surface area (Å²) in [5, 5.41) is 16.2. The minimum absolute atomic E-state index is 0.0886. The van der Waals surface area contributed by atoms with Crippen molar-refractivity contribution >= 4 is 17.4 Å². The number of hydrogen-bond acceptors (Lipinski definition) is 6. The summed E-state index contributed by atoms with van der Waals surface area (Å²) >= 11 is 0. The Labute approximate surface area is 163 Å². The molecule has 2 aromatic rings. The van der Waals surface area contributed by atoms with Gasteiger partial charge < -0.3 is 25.0 Å². The van der Waals surface area contributed by atoms with Gasteiger partial charge in [-0.1, -0.05) is 12.1 Å². The van der Waals surface area contributed by atoms with Crippen LogP contribution >= 0.6 is 0 Å². The largest absolute Gasteiger partial charge is 0.493 e. The quantitative estimate of drug-likeness (QED) is 0.532. The van der Waals surface area contributed by atoms with Crippen molar-refractivity contribution in [2.75, 3.05) is 40.2 Å². The summed E-state index contributed by atoms with van der Waals surface area (Å²) < 4.78 is 10.6. The first-order valence-corrected chi connectivity index (χ1v) is 8.53. The molecule has 9 heteroatoms. The predicted octanol–water partition coefficient (Wildman–Crippen LogP) is 3.04. The molecule has 0 bridgehead atoms. The van der Waals surface area contributed by atoms with E-state index >= 15 is 0 Å². The number of nitro groups is 1. The number of carbonyl (C=O) groups is 1. The van der Waals surface area contributed by atoms with Gasteiger partial charge in [0.25, 0.3) is 5.69 Å². The number of benzene rings is 2. The standard InChI is InChI=1S/C19H24N4O5/c1-22(2)16(13-8-9-17(27-3)18(10-13)28-4)12-20-19(24)21-14-6-5-7-15(11-14)23(25)26/h5-11,16H,12H2,1-4H3,(H2,20,21,24). The predicted molar refractivity (Wildman–Crippen MR) is 106 cm³/mol. The number of nitro benzene ring substituents is 1. The average molecular weight is 388 g/mol. The minimum atomic E-state index is -0.512. The molecular formula is C19H24N4O5. The zero-order valence-electron chi connectivity index (χ0n) is 16.3. The number of hydrogen-bond donors (Lipinski definition) is 2. The molecule has 0 fully saturated rings. The maximum atomic E-state index is 12.2. The van der Waals surface area contributed by atoms with E-state index in [1.807, 2.05) is 37.2 Å². The summed E-state index contributed by atoms with van der Waals surface area (Å²) in [7, 11) is 6.95. The smallest absolute Gasteiger partial charge is 0.319 e. The molecule has 0 saturated carbocycles. The lowest BCUT2D eigenvalue weighted by Gasteiger charge is -2.26. The van der Waals surface area contributed by atoms with Gasteiger partial charge in [0.1, 0.15) is 0 Å². The number of anilines is 1. The van der Waals surface area contributed by atoms with Gasteiger partial charge in [0.05, 0.1) is 25.2 Å². The first kappa shape index (κ1) is 21.0. The molecule has 0 radical (unpaired) electrons. The summed E-state index contributed by atoms with van der Waals surface area (Å²) in [4.78, 5) is 24.5. The summed E-state index contributed by atoms with van der Waals surface area (Å²) in [6, 6.07) is 10.8. The third kappa shape index (κ3) is 5.34. The van der Waals surface area contributed by atoms with Crippen LogP contribution in [0.2, 0.25) is 0 Å². The molecule has 150 valence electrons. The van der Waals surface area contributed by atoms with Gasteiger partial charge in [-0.05, 0) is 37.9 Å². The molecular weight excluding hydrogens is 364 g/mol. The number of methoxy groups -OCH3 is 2. The number of nitrogens with zero attached hydrogens (tertiary/aromatic N) is 2. The number of likely N-dealkylation sites (N-methyl/N-ethyl adjacent to an activating group) is 1. The molecule has 2 rings (SSSR count). The van der Waals surface area contributed by atoms with E-state index in [0.717, 1.165) is 5.56 Å². The SMILES string of the molecule is COc1ccc(C(CNC(=O)Nc2cccc([N+](=O)[O-])c2)N(C)C)cc1OC. The summed E-state index contributed by atoms with van der Waals surface area (Å²) in [5.41, 5.74) is 1.20. The van der Waals surface area contributed by atoms with Gasteiger partial charge in [-0.25, -0.2) is 4.79 Å². The van der Waals surface area contributed by atoms with Crippen molar-refractivity contribution in [2.45, 2.75) is 6.04 Å². The van der Waals surface area contributed by atoms with Crippen molar-refractivity contribution in [2.24, 2.45) is 0 Å². The fourth-order valence-electron chi connectivity index (χ4n) is 2.72. The fourth-order valence-corrected chi connectivity index (χ4v) is 2.72. The van der Waals surface area contributed by atoms with Gasteiger partial charge in [-0.3, -0.25) is 10.1 Å². The van der Waals surface area contributed by atoms with Crippen molar-refractivity contribution < 1.29 is 19.2 Å². The summed E-state index contributed by atoms with van der Waals surface area (Å²) in [6.07, 6.45) is 0. The number of nitrogens with one attached hydrogen (secondary N) is 2. The third-order valence-corrected chi connectivity index (χ3v) is 4.19. The maximum absolute atomic E-state index is 12.2. The Bertz CT molecular complexity index is 841. The molecule has 0 aliphatic rings. The van der Waals surface area contributed by atoms with Gasteiger partial charge in [0.2, 0.25) is 0 Å². The molecule has 1 atom stereocenters. The number of urea groups is 1. The zero-order valence-corrected chi connectivity index (χ0v) is 16.3. The van der Waals surface area contributed by atoms with E-state index in [4.69, 9.17) is 9.47 Å². The topological polar surface area (TPSA) is 106 Å². The molecule has 9 nitrogen and oxygen atoms in total. The molecule has 28 heavy (non-hydrogen) atoms. The van der Waals surface area contributed by atoms with Crippen molar-refractivity contribution in [3.63, 3.8) is 0 Å². The van der Waals surface area contributed by atoms with Crippen LogP contribution in [-0.2, 0) is 0 Å². The van der Waals surface area contributed by atoms with E-state index in [1.165, 1.54) is 18.2 Å². The Hall–Kier alpha value is -3.33. The second kappa shape index (κ2) is 9.56. The second-order valence-corrected chi connectivity index (χ2v) is 6.24. The Morgan fingerprint density at radius 2 is 1.86 bits per heavy atom. The van der Waals surface area contributed by atoms with Crippen molar-refractivity contribution in [1.29, 1.82) is 0 Å². The Kier molecular flexibility index (Phi) is 7.16. The van der Waals surface area contributed by atoms with Gasteiger partial charge in [-0.2, -0.15) is 0 Å². The third-order valence-electron chi connectivity index (χ3n) is 4.19. The second-order valence-electron chi connectivity index (χ2n) is 6.24. The highest BCUT2D eigenvalue weighted by Gasteiger charge is 2.18. The maximum Gasteiger partial charge on any atom is 0.319 e. The highest BCUT2D eigenvalue weighted by molar-refractivity contribution is 5.89. The Balaban J connectivity index is 2.06. The molecule has 0 aliphatic heterocycles. The van der Waals surface area contributed by atoms with Crippen molar-refractivity contribution in [1.82, 2.24) is 10.2 Å². The van der Waals surface area contributed by atoms with Gasteiger partial charge in [-0.15, -0.1) is 0 Å². The molecule has 0 aromatic heterocycles. The zero-order chi connectivity index (χ0) is 20.7. The van der Waals surface area contributed by atoms with E-state index in [2.05, 4.69) is 10.6 Å². The first-order chi connectivity index (χ1) is 13.3. The number of non-ortho nitro benzene ring substituents is 1. The number of ether oxygens (including phenoxy) is 2. The van der Waals surface area contributed by atoms with Crippen molar-refractivity contribution in [3.8, 4) is 11.5 Å². The molecule has 0 spiro atoms. The van der Waals surface area contributed by atoms with E-state index in [0.29, 0.717) is 23.7 Å². The van der Waals surface area contributed by atoms with Crippen LogP contribution in [0.1, 0.15) is 11.6 Å². The molecule has 2 aromatic carbocycles. The lowest BCUT2D eigenvalue weighted by atomic mass is 10.1. The highest BCUT2D eigenvalue weighted by atomic mass is 16.6. The van der Waals surface area contributed by atoms with Gasteiger partial charge in [0, 0.05) is 24.4 Å². The van der Waals surface area contributed by atoms with Gasteiger partial charge >= 0.3 is 6.03 Å². The number of carbonyl (C=O) groups excluding carboxylic acids is 1. The molecule has 0 heterocycles. The monoisotopic (exact) mass is 388 g/mol. The van der Waals surface area contributed by atoms with Crippen LogP contribution in [0, 0.1) is 10.1 Å². The van der Waals surface area contributed by atoms with E-state index in [-0.39, 0.29) is 11.7 Å². The molecule has 2 N–H and O–H groups in total. The Morgan fingerprint density at radius 1 is 1.14 bits per heavy atom. The molecule has 2 amide bonds. The normalized spacial score (nSPS) is 11.6. The first-order valence-electron chi connectivity index (χ1n) is 8.53. The van der Waals surface area contributed by atoms with Crippen LogP contribution in [-0.4, -0.2) is 50.7 Å². The molecule has 1 unspecified atom stereocenters. The van der Waals surface area contributed by atoms with E-state index < -0.39 is 11.0 Å². The number of rotatable bonds is 8. The lowest BCUT2D eigenvalue weighted by Crippen LogP contribution is -2.36. The molecule has 0 saturated heterocycles. The lowest BCUT2D eigenvalue weighted by molar-refractivity contribution is -0.384.